The third-order valence-corrected chi connectivity index (χ3v) is 3.08. The van der Waals surface area contributed by atoms with E-state index in [1.807, 2.05) is 4.90 Å². The largest absolute Gasteiger partial charge is 0.409 e. The van der Waals surface area contributed by atoms with Crippen LogP contribution < -0.4 is 10.6 Å². The van der Waals surface area contributed by atoms with E-state index in [0.717, 1.165) is 6.54 Å². The van der Waals surface area contributed by atoms with E-state index in [-0.39, 0.29) is 5.84 Å². The Balaban J connectivity index is 3.12. The zero-order valence-electron chi connectivity index (χ0n) is 12.0. The summed E-state index contributed by atoms with van der Waals surface area (Å²) in [4.78, 5) is 6.34. The van der Waals surface area contributed by atoms with Crippen molar-refractivity contribution in [3.63, 3.8) is 0 Å². The Morgan fingerprint density at radius 1 is 1.60 bits per heavy atom. The Labute approximate surface area is 124 Å². The van der Waals surface area contributed by atoms with Crippen molar-refractivity contribution in [2.45, 2.75) is 13.8 Å². The molecule has 0 saturated heterocycles. The van der Waals surface area contributed by atoms with Gasteiger partial charge in [0.05, 0.1) is 11.6 Å². The molecule has 0 aliphatic carbocycles. The van der Waals surface area contributed by atoms with Crippen molar-refractivity contribution >= 4 is 23.3 Å². The van der Waals surface area contributed by atoms with Gasteiger partial charge in [-0.2, -0.15) is 0 Å². The topological polar surface area (TPSA) is 84.0 Å². The summed E-state index contributed by atoms with van der Waals surface area (Å²) in [7, 11) is 1.65. The minimum atomic E-state index is -0.0325. The number of rotatable bonds is 7. The quantitative estimate of drug-likeness (QED) is 0.348. The van der Waals surface area contributed by atoms with Gasteiger partial charge in [-0.15, -0.1) is 0 Å². The van der Waals surface area contributed by atoms with Gasteiger partial charge in [-0.1, -0.05) is 30.6 Å². The number of nitrogens with two attached hydrogens (primary N) is 1. The Morgan fingerprint density at radius 3 is 2.85 bits per heavy atom. The lowest BCUT2D eigenvalue weighted by molar-refractivity contribution is 0.204. The fourth-order valence-electron chi connectivity index (χ4n) is 1.83. The van der Waals surface area contributed by atoms with E-state index < -0.39 is 0 Å². The number of pyridine rings is 1. The number of amidine groups is 1. The van der Waals surface area contributed by atoms with Gasteiger partial charge in [-0.3, -0.25) is 0 Å². The Kier molecular flexibility index (Phi) is 6.54. The fraction of sp³-hybridized carbons (Fsp3) is 0.538. The highest BCUT2D eigenvalue weighted by Gasteiger charge is 2.17. The minimum Gasteiger partial charge on any atom is -0.409 e. The van der Waals surface area contributed by atoms with Crippen molar-refractivity contribution in [1.29, 1.82) is 0 Å². The second kappa shape index (κ2) is 7.91. The molecule has 1 aromatic heterocycles. The van der Waals surface area contributed by atoms with Gasteiger partial charge >= 0.3 is 0 Å². The van der Waals surface area contributed by atoms with E-state index in [0.29, 0.717) is 35.5 Å². The van der Waals surface area contributed by atoms with Crippen LogP contribution in [0, 0.1) is 5.92 Å². The maximum Gasteiger partial charge on any atom is 0.171 e. The van der Waals surface area contributed by atoms with Crippen molar-refractivity contribution in [3.05, 3.63) is 22.8 Å². The van der Waals surface area contributed by atoms with E-state index in [1.165, 1.54) is 0 Å². The number of oxime groups is 1. The van der Waals surface area contributed by atoms with Crippen LogP contribution in [0.4, 0.5) is 5.82 Å². The molecule has 1 aromatic rings. The number of nitrogens with zero attached hydrogens (tertiary/aromatic N) is 3. The smallest absolute Gasteiger partial charge is 0.171 e. The van der Waals surface area contributed by atoms with Gasteiger partial charge < -0.3 is 20.6 Å². The molecular weight excluding hydrogens is 280 g/mol. The monoisotopic (exact) mass is 300 g/mol. The van der Waals surface area contributed by atoms with Crippen LogP contribution in [0.25, 0.3) is 0 Å². The second-order valence-corrected chi connectivity index (χ2v) is 5.19. The molecule has 0 atom stereocenters. The van der Waals surface area contributed by atoms with Crippen LogP contribution in [0.2, 0.25) is 5.02 Å². The average molecular weight is 301 g/mol. The summed E-state index contributed by atoms with van der Waals surface area (Å²) < 4.78 is 5.11. The highest BCUT2D eigenvalue weighted by molar-refractivity contribution is 6.36. The molecule has 0 saturated carbocycles. The lowest BCUT2D eigenvalue weighted by Gasteiger charge is -2.26. The average Bonchev–Trinajstić information content (AvgIpc) is 2.42. The Hall–Kier alpha value is -1.53. The second-order valence-electron chi connectivity index (χ2n) is 4.81. The molecule has 20 heavy (non-hydrogen) atoms. The first-order valence-electron chi connectivity index (χ1n) is 6.37. The standard InChI is InChI=1S/C13H21ClN4O2/c1-9(2)8-18(6-7-20-3)13-11(14)10(4-5-16-13)12(15)17-19/h4-5,9,19H,6-8H2,1-3H3,(H2,15,17). The van der Waals surface area contributed by atoms with Crippen molar-refractivity contribution in [2.75, 3.05) is 31.7 Å². The van der Waals surface area contributed by atoms with E-state index in [9.17, 15) is 0 Å². The van der Waals surface area contributed by atoms with Gasteiger partial charge in [0, 0.05) is 32.0 Å². The minimum absolute atomic E-state index is 0.0325. The molecule has 0 aromatic carbocycles. The SMILES string of the molecule is COCCN(CC(C)C)c1nccc(/C(N)=N/O)c1Cl. The number of ether oxygens (including phenoxy) is 1. The molecule has 0 amide bonds. The summed E-state index contributed by atoms with van der Waals surface area (Å²) in [6.07, 6.45) is 1.59. The predicted octanol–water partition coefficient (Wildman–Crippen LogP) is 1.94. The molecule has 0 aliphatic rings. The lowest BCUT2D eigenvalue weighted by Crippen LogP contribution is -2.32. The van der Waals surface area contributed by atoms with Crippen LogP contribution in [0.1, 0.15) is 19.4 Å². The van der Waals surface area contributed by atoms with E-state index in [1.54, 1.807) is 19.4 Å². The van der Waals surface area contributed by atoms with Gasteiger partial charge in [0.1, 0.15) is 5.82 Å². The molecule has 0 aliphatic heterocycles. The van der Waals surface area contributed by atoms with Crippen LogP contribution in [0.5, 0.6) is 0 Å². The van der Waals surface area contributed by atoms with Crippen LogP contribution in [-0.4, -0.2) is 42.8 Å². The third kappa shape index (κ3) is 4.25. The maximum atomic E-state index is 8.78. The predicted molar refractivity (Wildman–Crippen MR) is 80.7 cm³/mol. The van der Waals surface area contributed by atoms with Gasteiger partial charge in [0.2, 0.25) is 0 Å². The zero-order valence-corrected chi connectivity index (χ0v) is 12.8. The number of anilines is 1. The summed E-state index contributed by atoms with van der Waals surface area (Å²) in [5.74, 6) is 1.02. The normalized spacial score (nSPS) is 11.9. The zero-order chi connectivity index (χ0) is 15.1. The molecule has 0 radical (unpaired) electrons. The molecule has 1 heterocycles. The summed E-state index contributed by atoms with van der Waals surface area (Å²) in [5, 5.41) is 12.1. The molecule has 7 heteroatoms. The van der Waals surface area contributed by atoms with Crippen LogP contribution in [-0.2, 0) is 4.74 Å². The van der Waals surface area contributed by atoms with Crippen LogP contribution in [0.3, 0.4) is 0 Å². The molecule has 1 rings (SSSR count). The van der Waals surface area contributed by atoms with Crippen molar-refractivity contribution < 1.29 is 9.94 Å². The van der Waals surface area contributed by atoms with Gasteiger partial charge in [-0.05, 0) is 12.0 Å². The summed E-state index contributed by atoms with van der Waals surface area (Å²) >= 11 is 6.32. The summed E-state index contributed by atoms with van der Waals surface area (Å²) in [5.41, 5.74) is 6.07. The highest BCUT2D eigenvalue weighted by atomic mass is 35.5. The Morgan fingerprint density at radius 2 is 2.30 bits per heavy atom. The number of methoxy groups -OCH3 is 1. The molecule has 112 valence electrons. The molecule has 6 nitrogen and oxygen atoms in total. The van der Waals surface area contributed by atoms with Gasteiger partial charge in [0.25, 0.3) is 0 Å². The Bertz CT molecular complexity index is 466. The first-order chi connectivity index (χ1) is 9.51. The third-order valence-electron chi connectivity index (χ3n) is 2.70. The van der Waals surface area contributed by atoms with Gasteiger partial charge in [-0.25, -0.2) is 4.98 Å². The summed E-state index contributed by atoms with van der Waals surface area (Å²) in [6, 6.07) is 1.62. The van der Waals surface area contributed by atoms with E-state index >= 15 is 0 Å². The molecule has 3 N–H and O–H groups in total. The summed E-state index contributed by atoms with van der Waals surface area (Å²) in [6.45, 7) is 6.25. The number of hydrogen-bond donors (Lipinski definition) is 2. The van der Waals surface area contributed by atoms with E-state index in [4.69, 9.17) is 27.3 Å². The van der Waals surface area contributed by atoms with Crippen LogP contribution >= 0.6 is 11.6 Å². The molecule has 0 fully saturated rings. The number of halogens is 1. The molecule has 0 unspecified atom stereocenters. The molecule has 0 spiro atoms. The first kappa shape index (κ1) is 16.5. The number of aromatic nitrogens is 1. The van der Waals surface area contributed by atoms with Crippen molar-refractivity contribution in [3.8, 4) is 0 Å². The molecular formula is C13H21ClN4O2. The van der Waals surface area contributed by atoms with Crippen LogP contribution in [0.15, 0.2) is 17.4 Å². The van der Waals surface area contributed by atoms with Crippen molar-refractivity contribution in [2.24, 2.45) is 16.8 Å². The van der Waals surface area contributed by atoms with E-state index in [2.05, 4.69) is 24.0 Å². The fourth-order valence-corrected chi connectivity index (χ4v) is 2.16. The maximum absolute atomic E-state index is 8.78. The van der Waals surface area contributed by atoms with Crippen molar-refractivity contribution in [1.82, 2.24) is 4.98 Å². The number of hydrogen-bond acceptors (Lipinski definition) is 5. The first-order valence-corrected chi connectivity index (χ1v) is 6.75. The molecule has 0 bridgehead atoms. The van der Waals surface area contributed by atoms with Gasteiger partial charge in [0.15, 0.2) is 5.84 Å². The lowest BCUT2D eigenvalue weighted by atomic mass is 10.2. The highest BCUT2D eigenvalue weighted by Crippen LogP contribution is 2.27.